The molecule has 0 heterocycles. The Morgan fingerprint density at radius 3 is 2.30 bits per heavy atom. The Hall–Kier alpha value is -1.60. The van der Waals surface area contributed by atoms with Gasteiger partial charge in [-0.05, 0) is 37.1 Å². The second-order valence-corrected chi connectivity index (χ2v) is 6.82. The van der Waals surface area contributed by atoms with Gasteiger partial charge in [0.1, 0.15) is 5.25 Å². The molecule has 2 atom stereocenters. The van der Waals surface area contributed by atoms with Crippen LogP contribution in [0.2, 0.25) is 0 Å². The largest absolute Gasteiger partial charge is 0.478 e. The van der Waals surface area contributed by atoms with Crippen molar-refractivity contribution < 1.29 is 23.4 Å². The summed E-state index contributed by atoms with van der Waals surface area (Å²) in [6.45, 7) is 0. The van der Waals surface area contributed by atoms with E-state index in [4.69, 9.17) is 5.11 Å². The lowest BCUT2D eigenvalue weighted by Gasteiger charge is -2.27. The Labute approximate surface area is 117 Å². The van der Waals surface area contributed by atoms with Gasteiger partial charge in [-0.2, -0.15) is 0 Å². The van der Waals surface area contributed by atoms with E-state index < -0.39 is 27.3 Å². The Kier molecular flexibility index (Phi) is 4.29. The van der Waals surface area contributed by atoms with Crippen molar-refractivity contribution in [3.05, 3.63) is 29.8 Å². The number of aliphatic hydroxyl groups excluding tert-OH is 1. The highest BCUT2D eigenvalue weighted by molar-refractivity contribution is 7.93. The van der Waals surface area contributed by atoms with Crippen molar-refractivity contribution in [1.82, 2.24) is 0 Å². The Balaban J connectivity index is 2.13. The summed E-state index contributed by atoms with van der Waals surface area (Å²) in [5.41, 5.74) is 0.387. The highest BCUT2D eigenvalue weighted by Gasteiger charge is 2.34. The van der Waals surface area contributed by atoms with Gasteiger partial charge in [0.2, 0.25) is 10.0 Å². The fourth-order valence-electron chi connectivity index (χ4n) is 2.36. The number of rotatable bonds is 4. The van der Waals surface area contributed by atoms with Gasteiger partial charge in [0, 0.05) is 5.69 Å². The molecule has 0 amide bonds. The molecule has 1 aromatic rings. The van der Waals surface area contributed by atoms with E-state index in [0.29, 0.717) is 18.5 Å². The van der Waals surface area contributed by atoms with Gasteiger partial charge in [-0.15, -0.1) is 0 Å². The quantitative estimate of drug-likeness (QED) is 0.780. The molecule has 1 aliphatic carbocycles. The lowest BCUT2D eigenvalue weighted by atomic mass is 9.97. The van der Waals surface area contributed by atoms with Gasteiger partial charge in [0.25, 0.3) is 0 Å². The van der Waals surface area contributed by atoms with Gasteiger partial charge in [-0.25, -0.2) is 13.2 Å². The molecule has 20 heavy (non-hydrogen) atoms. The van der Waals surface area contributed by atoms with Crippen LogP contribution in [-0.2, 0) is 10.0 Å². The van der Waals surface area contributed by atoms with Crippen molar-refractivity contribution >= 4 is 21.7 Å². The number of anilines is 1. The van der Waals surface area contributed by atoms with Crippen LogP contribution in [0.25, 0.3) is 0 Å². The van der Waals surface area contributed by atoms with Crippen molar-refractivity contribution in [2.45, 2.75) is 37.0 Å². The number of benzene rings is 1. The molecule has 7 heteroatoms. The van der Waals surface area contributed by atoms with Crippen molar-refractivity contribution in [3.63, 3.8) is 0 Å². The summed E-state index contributed by atoms with van der Waals surface area (Å²) in [4.78, 5) is 10.7. The smallest absolute Gasteiger partial charge is 0.335 e. The molecule has 2 unspecified atom stereocenters. The van der Waals surface area contributed by atoms with Crippen LogP contribution in [-0.4, -0.2) is 36.0 Å². The minimum Gasteiger partial charge on any atom is -0.478 e. The molecular formula is C13H17NO5S. The van der Waals surface area contributed by atoms with E-state index in [-0.39, 0.29) is 5.56 Å². The second-order valence-electron chi connectivity index (χ2n) is 4.92. The fourth-order valence-corrected chi connectivity index (χ4v) is 4.00. The number of carboxylic acid groups (broad SMARTS) is 1. The number of aromatic carboxylic acids is 1. The van der Waals surface area contributed by atoms with E-state index in [1.165, 1.54) is 24.3 Å². The monoisotopic (exact) mass is 299 g/mol. The molecule has 1 saturated carbocycles. The Morgan fingerprint density at radius 2 is 1.75 bits per heavy atom. The third-order valence-electron chi connectivity index (χ3n) is 3.46. The predicted octanol–water partition coefficient (Wildman–Crippen LogP) is 1.43. The minimum atomic E-state index is -3.67. The lowest BCUT2D eigenvalue weighted by molar-refractivity contribution is 0.0697. The van der Waals surface area contributed by atoms with Gasteiger partial charge in [0.05, 0.1) is 11.7 Å². The van der Waals surface area contributed by atoms with Gasteiger partial charge < -0.3 is 10.2 Å². The molecule has 0 radical (unpaired) electrons. The molecule has 0 aromatic heterocycles. The first-order valence-corrected chi connectivity index (χ1v) is 7.98. The number of carbonyl (C=O) groups is 1. The van der Waals surface area contributed by atoms with E-state index in [1.807, 2.05) is 0 Å². The van der Waals surface area contributed by atoms with E-state index >= 15 is 0 Å². The summed E-state index contributed by atoms with van der Waals surface area (Å²) in [6, 6.07) is 5.46. The van der Waals surface area contributed by atoms with Crippen LogP contribution in [0.3, 0.4) is 0 Å². The first kappa shape index (κ1) is 14.8. The topological polar surface area (TPSA) is 104 Å². The first-order valence-electron chi connectivity index (χ1n) is 6.43. The summed E-state index contributed by atoms with van der Waals surface area (Å²) in [5, 5.41) is 17.8. The third-order valence-corrected chi connectivity index (χ3v) is 5.33. The van der Waals surface area contributed by atoms with Crippen LogP contribution in [0.15, 0.2) is 24.3 Å². The number of sulfonamides is 1. The number of carboxylic acids is 1. The van der Waals surface area contributed by atoms with E-state index in [1.54, 1.807) is 0 Å². The average molecular weight is 299 g/mol. The van der Waals surface area contributed by atoms with E-state index in [2.05, 4.69) is 4.72 Å². The number of aliphatic hydroxyl groups is 1. The summed E-state index contributed by atoms with van der Waals surface area (Å²) in [7, 11) is -3.67. The van der Waals surface area contributed by atoms with Crippen molar-refractivity contribution in [1.29, 1.82) is 0 Å². The van der Waals surface area contributed by atoms with Crippen LogP contribution in [0.5, 0.6) is 0 Å². The average Bonchev–Trinajstić information content (AvgIpc) is 2.39. The molecule has 0 spiro atoms. The zero-order valence-corrected chi connectivity index (χ0v) is 11.6. The van der Waals surface area contributed by atoms with E-state index in [9.17, 15) is 18.3 Å². The number of nitrogens with one attached hydrogen (secondary N) is 1. The van der Waals surface area contributed by atoms with Gasteiger partial charge in [0.15, 0.2) is 0 Å². The summed E-state index contributed by atoms with van der Waals surface area (Å²) >= 11 is 0. The minimum absolute atomic E-state index is 0.0886. The zero-order chi connectivity index (χ0) is 14.8. The molecule has 3 N–H and O–H groups in total. The number of hydrogen-bond donors (Lipinski definition) is 3. The molecule has 1 fully saturated rings. The molecule has 110 valence electrons. The Bertz CT molecular complexity index is 581. The standard InChI is InChI=1S/C13H17NO5S/c15-11-3-1-2-4-12(11)20(18,19)14-10-7-5-9(6-8-10)13(16)17/h5-8,11-12,14-15H,1-4H2,(H,16,17). The van der Waals surface area contributed by atoms with Crippen molar-refractivity contribution in [2.24, 2.45) is 0 Å². The third kappa shape index (κ3) is 3.29. The highest BCUT2D eigenvalue weighted by atomic mass is 32.2. The van der Waals surface area contributed by atoms with Crippen molar-refractivity contribution in [3.8, 4) is 0 Å². The molecule has 1 aliphatic rings. The van der Waals surface area contributed by atoms with Gasteiger partial charge in [-0.1, -0.05) is 12.8 Å². The second kappa shape index (κ2) is 5.80. The highest BCUT2D eigenvalue weighted by Crippen LogP contribution is 2.25. The summed E-state index contributed by atoms with van der Waals surface area (Å²) in [5.74, 6) is -1.07. The molecule has 0 bridgehead atoms. The fraction of sp³-hybridized carbons (Fsp3) is 0.462. The molecule has 0 saturated heterocycles. The van der Waals surface area contributed by atoms with Crippen LogP contribution >= 0.6 is 0 Å². The summed E-state index contributed by atoms with van der Waals surface area (Å²) in [6.07, 6.45) is 1.69. The Morgan fingerprint density at radius 1 is 1.15 bits per heavy atom. The maximum Gasteiger partial charge on any atom is 0.335 e. The van der Waals surface area contributed by atoms with Crippen molar-refractivity contribution in [2.75, 3.05) is 4.72 Å². The molecule has 1 aromatic carbocycles. The predicted molar refractivity (Wildman–Crippen MR) is 74.2 cm³/mol. The van der Waals surface area contributed by atoms with Crippen LogP contribution in [0.1, 0.15) is 36.0 Å². The maximum atomic E-state index is 12.2. The lowest BCUT2D eigenvalue weighted by Crippen LogP contribution is -2.40. The SMILES string of the molecule is O=C(O)c1ccc(NS(=O)(=O)C2CCCCC2O)cc1. The van der Waals surface area contributed by atoms with E-state index in [0.717, 1.165) is 12.8 Å². The summed E-state index contributed by atoms with van der Waals surface area (Å²) < 4.78 is 26.8. The zero-order valence-electron chi connectivity index (χ0n) is 10.8. The molecular weight excluding hydrogens is 282 g/mol. The van der Waals surface area contributed by atoms with Gasteiger partial charge >= 0.3 is 5.97 Å². The molecule has 0 aliphatic heterocycles. The van der Waals surface area contributed by atoms with Crippen LogP contribution in [0.4, 0.5) is 5.69 Å². The molecule has 6 nitrogen and oxygen atoms in total. The first-order chi connectivity index (χ1) is 9.40. The molecule has 2 rings (SSSR count). The normalized spacial score (nSPS) is 23.2. The van der Waals surface area contributed by atoms with Crippen LogP contribution in [0, 0.1) is 0 Å². The van der Waals surface area contributed by atoms with Crippen LogP contribution < -0.4 is 4.72 Å². The van der Waals surface area contributed by atoms with Gasteiger partial charge in [-0.3, -0.25) is 4.72 Å². The number of hydrogen-bond acceptors (Lipinski definition) is 4. The maximum absolute atomic E-state index is 12.2.